The number of benzene rings is 3. The largest absolute Gasteiger partial charge is 0.872 e. The van der Waals surface area contributed by atoms with Gasteiger partial charge in [-0.05, 0) is 48.9 Å². The highest BCUT2D eigenvalue weighted by molar-refractivity contribution is 6.09. The first kappa shape index (κ1) is 25.3. The summed E-state index contributed by atoms with van der Waals surface area (Å²) in [5, 5.41) is 35.3. The summed E-state index contributed by atoms with van der Waals surface area (Å²) < 4.78 is 7.38. The fourth-order valence-electron chi connectivity index (χ4n) is 4.56. The molecule has 0 spiro atoms. The maximum absolute atomic E-state index is 13.2. The van der Waals surface area contributed by atoms with Gasteiger partial charge in [0, 0.05) is 47.0 Å². The molecule has 3 N–H and O–H groups in total. The molecule has 1 amide bonds. The van der Waals surface area contributed by atoms with Crippen molar-refractivity contribution in [3.05, 3.63) is 104 Å². The average Bonchev–Trinajstić information content (AvgIpc) is 2.89. The van der Waals surface area contributed by atoms with Crippen molar-refractivity contribution < 1.29 is 29.3 Å². The van der Waals surface area contributed by atoms with Crippen molar-refractivity contribution in [2.75, 3.05) is 0 Å². The maximum atomic E-state index is 13.2. The number of nitrogens with zero attached hydrogens (tertiary/aromatic N) is 1. The van der Waals surface area contributed by atoms with E-state index in [-0.39, 0.29) is 51.5 Å². The second kappa shape index (κ2) is 9.49. The van der Waals surface area contributed by atoms with Gasteiger partial charge in [-0.3, -0.25) is 14.4 Å². The zero-order valence-corrected chi connectivity index (χ0v) is 20.8. The molecule has 0 saturated carbocycles. The molecule has 10 nitrogen and oxygen atoms in total. The van der Waals surface area contributed by atoms with E-state index in [1.54, 1.807) is 18.5 Å². The number of nitrogens with one attached hydrogen (secondary N) is 1. The summed E-state index contributed by atoms with van der Waals surface area (Å²) in [6.45, 7) is 1.53. The molecule has 0 unspecified atom stereocenters. The van der Waals surface area contributed by atoms with Crippen LogP contribution in [-0.4, -0.2) is 26.7 Å². The molecule has 1 aliphatic heterocycles. The summed E-state index contributed by atoms with van der Waals surface area (Å²) in [4.78, 5) is 49.4. The van der Waals surface area contributed by atoms with Crippen LogP contribution in [0.25, 0.3) is 33.4 Å². The molecule has 3 aromatic rings. The summed E-state index contributed by atoms with van der Waals surface area (Å²) in [7, 11) is 1.65. The number of hydrogen-bond acceptors (Lipinski definition) is 7. The molecule has 0 bridgehead atoms. The van der Waals surface area contributed by atoms with E-state index in [4.69, 9.17) is 4.42 Å². The third-order valence-electron chi connectivity index (χ3n) is 6.64. The first-order valence-corrected chi connectivity index (χ1v) is 11.8. The van der Waals surface area contributed by atoms with Crippen molar-refractivity contribution in [3.63, 3.8) is 0 Å². The molecule has 2 aromatic carbocycles. The van der Waals surface area contributed by atoms with Gasteiger partial charge >= 0.3 is 5.97 Å². The number of aromatic carboxylic acids is 1. The van der Waals surface area contributed by atoms with E-state index in [0.717, 1.165) is 0 Å². The Balaban J connectivity index is 1.66. The van der Waals surface area contributed by atoms with Crippen LogP contribution in [0.15, 0.2) is 74.7 Å². The number of carboxylic acid groups (broad SMARTS) is 1. The van der Waals surface area contributed by atoms with E-state index < -0.39 is 23.1 Å². The van der Waals surface area contributed by atoms with Crippen LogP contribution in [0.1, 0.15) is 32.1 Å². The van der Waals surface area contributed by atoms with E-state index in [1.807, 2.05) is 0 Å². The van der Waals surface area contributed by atoms with E-state index in [2.05, 4.69) is 5.32 Å². The van der Waals surface area contributed by atoms with Crippen LogP contribution in [-0.2, 0) is 13.6 Å². The smallest absolute Gasteiger partial charge is 0.336 e. The number of amides is 1. The summed E-state index contributed by atoms with van der Waals surface area (Å²) >= 11 is 0. The number of carbonyl (C=O) groups is 2. The van der Waals surface area contributed by atoms with Gasteiger partial charge < -0.3 is 29.6 Å². The number of fused-ring (bicyclic) bond motifs is 2. The molecule has 0 radical (unpaired) electrons. The van der Waals surface area contributed by atoms with Crippen molar-refractivity contribution in [3.8, 4) is 33.9 Å². The Labute approximate surface area is 220 Å². The second-order valence-electron chi connectivity index (χ2n) is 9.05. The van der Waals surface area contributed by atoms with Gasteiger partial charge in [0.25, 0.3) is 5.91 Å². The highest BCUT2D eigenvalue weighted by atomic mass is 16.4. The molecule has 39 heavy (non-hydrogen) atoms. The molecule has 2 aliphatic rings. The number of rotatable bonds is 5. The zero-order valence-electron chi connectivity index (χ0n) is 20.8. The molecule has 1 aliphatic carbocycles. The number of pyridine rings is 1. The van der Waals surface area contributed by atoms with Crippen LogP contribution < -0.4 is 21.3 Å². The Morgan fingerprint density at radius 1 is 1.00 bits per heavy atom. The third kappa shape index (κ3) is 4.48. The predicted octanol–water partition coefficient (Wildman–Crippen LogP) is 2.98. The number of carboxylic acids is 1. The second-order valence-corrected chi connectivity index (χ2v) is 9.05. The van der Waals surface area contributed by atoms with Crippen LogP contribution in [0.3, 0.4) is 0 Å². The van der Waals surface area contributed by atoms with Gasteiger partial charge in [0.2, 0.25) is 5.43 Å². The number of hydrogen-bond donors (Lipinski definition) is 3. The van der Waals surface area contributed by atoms with Crippen LogP contribution in [0, 0.1) is 6.92 Å². The first-order valence-electron chi connectivity index (χ1n) is 11.8. The molecule has 0 atom stereocenters. The van der Waals surface area contributed by atoms with Crippen LogP contribution in [0.5, 0.6) is 11.5 Å². The van der Waals surface area contributed by atoms with Crippen LogP contribution in [0.2, 0.25) is 0 Å². The highest BCUT2D eigenvalue weighted by Gasteiger charge is 2.23. The first-order chi connectivity index (χ1) is 18.5. The third-order valence-corrected chi connectivity index (χ3v) is 6.64. The van der Waals surface area contributed by atoms with Crippen LogP contribution in [0.4, 0.5) is 0 Å². The quantitative estimate of drug-likeness (QED) is 0.295. The Morgan fingerprint density at radius 3 is 2.51 bits per heavy atom. The van der Waals surface area contributed by atoms with E-state index in [9.17, 15) is 34.5 Å². The molecular formula is C29H21N2O8-. The fraction of sp³-hybridized carbons (Fsp3) is 0.103. The Hall–Kier alpha value is -5.38. The van der Waals surface area contributed by atoms with Gasteiger partial charge in [0.05, 0.1) is 17.8 Å². The summed E-state index contributed by atoms with van der Waals surface area (Å²) in [5.74, 6) is -2.50. The van der Waals surface area contributed by atoms with Crippen molar-refractivity contribution in [2.24, 2.45) is 7.05 Å². The standard InChI is InChI=1S/C29H22N2O8/c1-14-9-23(34)27(35)22(31(14)2)13-30-28(36)15-3-6-18(29(37)38)21(10-15)26-19-7-4-16(32)11-24(19)39-25-12-17(33)5-8-20(25)26/h3-12,32,35H,13H2,1-2H3,(H,30,36)(H,37,38)/p-1. The van der Waals surface area contributed by atoms with Crippen molar-refractivity contribution in [2.45, 2.75) is 13.5 Å². The molecule has 5 rings (SSSR count). The van der Waals surface area contributed by atoms with Crippen molar-refractivity contribution in [1.29, 1.82) is 0 Å². The maximum Gasteiger partial charge on any atom is 0.336 e. The molecule has 2 heterocycles. The van der Waals surface area contributed by atoms with Gasteiger partial charge in [-0.1, -0.05) is 12.1 Å². The van der Waals surface area contributed by atoms with Crippen molar-refractivity contribution >= 4 is 22.8 Å². The number of aryl methyl sites for hydroxylation is 1. The molecule has 1 aromatic heterocycles. The van der Waals surface area contributed by atoms with Crippen LogP contribution >= 0.6 is 0 Å². The Kier molecular flexibility index (Phi) is 6.15. The fourth-order valence-corrected chi connectivity index (χ4v) is 4.56. The molecular weight excluding hydrogens is 504 g/mol. The Morgan fingerprint density at radius 2 is 1.77 bits per heavy atom. The lowest BCUT2D eigenvalue weighted by atomic mass is 9.89. The lowest BCUT2D eigenvalue weighted by molar-refractivity contribution is -0.268. The number of carbonyl (C=O) groups excluding carboxylic acids is 1. The molecule has 0 fully saturated rings. The minimum absolute atomic E-state index is 0.107. The van der Waals surface area contributed by atoms with Gasteiger partial charge in [0.15, 0.2) is 11.2 Å². The lowest BCUT2D eigenvalue weighted by Crippen LogP contribution is -2.26. The lowest BCUT2D eigenvalue weighted by Gasteiger charge is -2.18. The number of aromatic hydroxyl groups is 1. The summed E-state index contributed by atoms with van der Waals surface area (Å²) in [6.07, 6.45) is 0. The van der Waals surface area contributed by atoms with E-state index in [0.29, 0.717) is 22.2 Å². The predicted molar refractivity (Wildman–Crippen MR) is 140 cm³/mol. The van der Waals surface area contributed by atoms with Gasteiger partial charge in [-0.2, -0.15) is 0 Å². The molecule has 196 valence electrons. The Bertz CT molecular complexity index is 1900. The van der Waals surface area contributed by atoms with Gasteiger partial charge in [-0.25, -0.2) is 4.79 Å². The van der Waals surface area contributed by atoms with Crippen molar-refractivity contribution in [1.82, 2.24) is 9.88 Å². The zero-order chi connectivity index (χ0) is 28.0. The average molecular weight is 525 g/mol. The normalized spacial score (nSPS) is 11.1. The topological polar surface area (TPSA) is 162 Å². The van der Waals surface area contributed by atoms with E-state index >= 15 is 0 Å². The molecule has 0 saturated heterocycles. The van der Waals surface area contributed by atoms with Gasteiger partial charge in [0.1, 0.15) is 11.3 Å². The van der Waals surface area contributed by atoms with Gasteiger partial charge in [-0.15, -0.1) is 5.75 Å². The monoisotopic (exact) mass is 525 g/mol. The van der Waals surface area contributed by atoms with E-state index in [1.165, 1.54) is 60.7 Å². The summed E-state index contributed by atoms with van der Waals surface area (Å²) in [6, 6.07) is 13.4. The minimum atomic E-state index is -1.25. The molecule has 10 heteroatoms. The SMILES string of the molecule is Cc1cc(=O)c(O)c(CNC(=O)c2ccc(C(=O)O)c(-c3c4ccc(=O)cc-4oc4cc([O-])ccc34)c2)n1C. The highest BCUT2D eigenvalue weighted by Crippen LogP contribution is 2.42. The minimum Gasteiger partial charge on any atom is -0.872 e. The number of aromatic nitrogens is 1. The summed E-state index contributed by atoms with van der Waals surface area (Å²) in [5.41, 5.74) is 0.991.